The third-order valence-electron chi connectivity index (χ3n) is 3.86. The summed E-state index contributed by atoms with van der Waals surface area (Å²) in [5.74, 6) is 0. The van der Waals surface area contributed by atoms with Crippen molar-refractivity contribution >= 4 is 6.03 Å². The summed E-state index contributed by atoms with van der Waals surface area (Å²) in [6.07, 6.45) is 3.82. The summed E-state index contributed by atoms with van der Waals surface area (Å²) in [7, 11) is 0. The van der Waals surface area contributed by atoms with E-state index in [2.05, 4.69) is 23.5 Å². The molecule has 1 atom stereocenters. The average molecular weight is 276 g/mol. The number of amides is 2. The van der Waals surface area contributed by atoms with Crippen LogP contribution in [0.3, 0.4) is 0 Å². The Morgan fingerprint density at radius 1 is 1.45 bits per heavy atom. The molecule has 0 unspecified atom stereocenters. The van der Waals surface area contributed by atoms with Crippen molar-refractivity contribution in [1.29, 1.82) is 0 Å². The van der Waals surface area contributed by atoms with Crippen LogP contribution < -0.4 is 5.32 Å². The van der Waals surface area contributed by atoms with Crippen molar-refractivity contribution in [2.45, 2.75) is 38.6 Å². The number of rotatable bonds is 5. The van der Waals surface area contributed by atoms with Gasteiger partial charge < -0.3 is 15.3 Å². The number of aliphatic hydroxyl groups excluding tert-OH is 1. The monoisotopic (exact) mass is 276 g/mol. The van der Waals surface area contributed by atoms with Crippen LogP contribution in [-0.4, -0.2) is 35.7 Å². The Labute approximate surface area is 120 Å². The Hall–Kier alpha value is -1.55. The molecule has 0 spiro atoms. The van der Waals surface area contributed by atoms with Gasteiger partial charge in [0.1, 0.15) is 0 Å². The smallest absolute Gasteiger partial charge is 0.317 e. The van der Waals surface area contributed by atoms with Gasteiger partial charge in [0.15, 0.2) is 0 Å². The van der Waals surface area contributed by atoms with Gasteiger partial charge in [0, 0.05) is 19.7 Å². The summed E-state index contributed by atoms with van der Waals surface area (Å²) in [5.41, 5.74) is 2.62. The lowest BCUT2D eigenvalue weighted by atomic mass is 9.87. The first-order valence-electron chi connectivity index (χ1n) is 7.51. The molecule has 1 aromatic rings. The number of nitrogens with one attached hydrogen (secondary N) is 1. The highest BCUT2D eigenvalue weighted by Gasteiger charge is 2.28. The van der Waals surface area contributed by atoms with Gasteiger partial charge in [-0.1, -0.05) is 24.3 Å². The zero-order valence-electron chi connectivity index (χ0n) is 12.1. The summed E-state index contributed by atoms with van der Waals surface area (Å²) in [4.78, 5) is 14.2. The molecule has 0 aliphatic heterocycles. The Morgan fingerprint density at radius 3 is 3.00 bits per heavy atom. The van der Waals surface area contributed by atoms with Crippen molar-refractivity contribution in [1.82, 2.24) is 10.2 Å². The summed E-state index contributed by atoms with van der Waals surface area (Å²) in [6, 6.07) is 8.50. The molecule has 4 nitrogen and oxygen atoms in total. The molecule has 0 bridgehead atoms. The minimum atomic E-state index is -0.0253. The second-order valence-electron chi connectivity index (χ2n) is 5.21. The Kier molecular flexibility index (Phi) is 5.41. The molecule has 0 radical (unpaired) electrons. The molecular formula is C16H24N2O2. The third kappa shape index (κ3) is 3.31. The number of hydrogen-bond acceptors (Lipinski definition) is 2. The lowest BCUT2D eigenvalue weighted by molar-refractivity contribution is 0.158. The van der Waals surface area contributed by atoms with E-state index in [0.717, 1.165) is 19.3 Å². The molecule has 4 heteroatoms. The second-order valence-corrected chi connectivity index (χ2v) is 5.21. The maximum absolute atomic E-state index is 12.3. The van der Waals surface area contributed by atoms with Gasteiger partial charge in [-0.05, 0) is 43.7 Å². The Bertz CT molecular complexity index is 448. The predicted molar refractivity (Wildman–Crippen MR) is 79.6 cm³/mol. The normalized spacial score (nSPS) is 17.4. The highest BCUT2D eigenvalue weighted by atomic mass is 16.3. The molecule has 2 rings (SSSR count). The van der Waals surface area contributed by atoms with Crippen LogP contribution in [0.1, 0.15) is 43.4 Å². The van der Waals surface area contributed by atoms with E-state index in [1.54, 1.807) is 0 Å². The fraction of sp³-hybridized carbons (Fsp3) is 0.562. The Morgan fingerprint density at radius 2 is 2.25 bits per heavy atom. The third-order valence-corrected chi connectivity index (χ3v) is 3.86. The number of urea groups is 1. The maximum atomic E-state index is 12.3. The number of hydrogen-bond donors (Lipinski definition) is 2. The van der Waals surface area contributed by atoms with E-state index in [0.29, 0.717) is 19.5 Å². The van der Waals surface area contributed by atoms with Gasteiger partial charge in [-0.25, -0.2) is 4.79 Å². The topological polar surface area (TPSA) is 52.6 Å². The maximum Gasteiger partial charge on any atom is 0.317 e. The van der Waals surface area contributed by atoms with Crippen molar-refractivity contribution in [3.05, 3.63) is 35.4 Å². The van der Waals surface area contributed by atoms with Gasteiger partial charge in [-0.2, -0.15) is 0 Å². The molecule has 110 valence electrons. The first-order chi connectivity index (χ1) is 9.77. The van der Waals surface area contributed by atoms with Crippen LogP contribution in [0.15, 0.2) is 24.3 Å². The number of aryl methyl sites for hydroxylation is 1. The van der Waals surface area contributed by atoms with Gasteiger partial charge in [0.25, 0.3) is 0 Å². The molecule has 0 saturated carbocycles. The molecule has 0 heterocycles. The quantitative estimate of drug-likeness (QED) is 0.868. The summed E-state index contributed by atoms with van der Waals surface area (Å²) in [5, 5.41) is 12.0. The SMILES string of the molecule is CCNC(=O)N(CCCO)[C@H]1CCCc2ccccc21. The van der Waals surface area contributed by atoms with Gasteiger partial charge in [-0.3, -0.25) is 0 Å². The predicted octanol–water partition coefficient (Wildman–Crippen LogP) is 2.48. The van der Waals surface area contributed by atoms with Gasteiger partial charge in [0.05, 0.1) is 6.04 Å². The minimum Gasteiger partial charge on any atom is -0.396 e. The highest BCUT2D eigenvalue weighted by molar-refractivity contribution is 5.74. The summed E-state index contributed by atoms with van der Waals surface area (Å²) >= 11 is 0. The van der Waals surface area contributed by atoms with E-state index in [1.165, 1.54) is 11.1 Å². The molecular weight excluding hydrogens is 252 g/mol. The average Bonchev–Trinajstić information content (AvgIpc) is 2.48. The molecule has 2 amide bonds. The molecule has 20 heavy (non-hydrogen) atoms. The molecule has 0 aromatic heterocycles. The molecule has 2 N–H and O–H groups in total. The lowest BCUT2D eigenvalue weighted by Gasteiger charge is -2.36. The zero-order chi connectivity index (χ0) is 14.4. The van der Waals surface area contributed by atoms with Crippen LogP contribution in [0.5, 0.6) is 0 Å². The van der Waals surface area contributed by atoms with Crippen LogP contribution in [0.4, 0.5) is 4.79 Å². The van der Waals surface area contributed by atoms with Crippen molar-refractivity contribution in [2.75, 3.05) is 19.7 Å². The highest BCUT2D eigenvalue weighted by Crippen LogP contribution is 2.34. The van der Waals surface area contributed by atoms with E-state index >= 15 is 0 Å². The van der Waals surface area contributed by atoms with Crippen molar-refractivity contribution in [2.24, 2.45) is 0 Å². The molecule has 1 aromatic carbocycles. The number of nitrogens with zero attached hydrogens (tertiary/aromatic N) is 1. The van der Waals surface area contributed by atoms with E-state index in [4.69, 9.17) is 5.11 Å². The van der Waals surface area contributed by atoms with Crippen molar-refractivity contribution in [3.8, 4) is 0 Å². The molecule has 0 fully saturated rings. The van der Waals surface area contributed by atoms with Crippen LogP contribution in [0, 0.1) is 0 Å². The summed E-state index contributed by atoms with van der Waals surface area (Å²) in [6.45, 7) is 3.27. The molecule has 1 aliphatic carbocycles. The number of carbonyl (C=O) groups is 1. The number of aliphatic hydroxyl groups is 1. The molecule has 1 aliphatic rings. The summed E-state index contributed by atoms with van der Waals surface area (Å²) < 4.78 is 0. The number of benzene rings is 1. The van der Waals surface area contributed by atoms with Crippen molar-refractivity contribution < 1.29 is 9.90 Å². The largest absolute Gasteiger partial charge is 0.396 e. The first-order valence-corrected chi connectivity index (χ1v) is 7.51. The fourth-order valence-corrected chi connectivity index (χ4v) is 2.94. The first kappa shape index (κ1) is 14.9. The molecule has 0 saturated heterocycles. The second kappa shape index (κ2) is 7.29. The fourth-order valence-electron chi connectivity index (χ4n) is 2.94. The standard InChI is InChI=1S/C16H24N2O2/c1-2-17-16(20)18(11-6-12-19)15-10-5-8-13-7-3-4-9-14(13)15/h3-4,7,9,15,19H,2,5-6,8,10-12H2,1H3,(H,17,20)/t15-/m0/s1. The number of carbonyl (C=O) groups excluding carboxylic acids is 1. The van der Waals surface area contributed by atoms with Crippen LogP contribution in [0.25, 0.3) is 0 Å². The van der Waals surface area contributed by atoms with Crippen LogP contribution in [0.2, 0.25) is 0 Å². The van der Waals surface area contributed by atoms with Crippen LogP contribution >= 0.6 is 0 Å². The lowest BCUT2D eigenvalue weighted by Crippen LogP contribution is -2.43. The zero-order valence-corrected chi connectivity index (χ0v) is 12.1. The van der Waals surface area contributed by atoms with Crippen molar-refractivity contribution in [3.63, 3.8) is 0 Å². The van der Waals surface area contributed by atoms with Crippen LogP contribution in [-0.2, 0) is 6.42 Å². The Balaban J connectivity index is 2.22. The van der Waals surface area contributed by atoms with E-state index < -0.39 is 0 Å². The van der Waals surface area contributed by atoms with Gasteiger partial charge in [0.2, 0.25) is 0 Å². The van der Waals surface area contributed by atoms with E-state index in [-0.39, 0.29) is 18.7 Å². The van der Waals surface area contributed by atoms with Gasteiger partial charge in [-0.15, -0.1) is 0 Å². The van der Waals surface area contributed by atoms with Gasteiger partial charge >= 0.3 is 6.03 Å². The number of fused-ring (bicyclic) bond motifs is 1. The minimum absolute atomic E-state index is 0.0253. The van der Waals surface area contributed by atoms with E-state index in [1.807, 2.05) is 17.9 Å². The van der Waals surface area contributed by atoms with E-state index in [9.17, 15) is 4.79 Å².